The van der Waals surface area contributed by atoms with Crippen LogP contribution in [0.5, 0.6) is 0 Å². The number of hydroxylamine groups is 1. The molecule has 0 bridgehead atoms. The maximum Gasteiger partial charge on any atom is 0.354 e. The molecule has 1 saturated heterocycles. The molecule has 0 aromatic carbocycles. The zero-order valence-electron chi connectivity index (χ0n) is 15.7. The number of nitrogen functional groups attached to an aromatic ring is 1. The Bertz CT molecular complexity index is 653. The third kappa shape index (κ3) is 6.89. The number of carbonyl (C=O) groups is 1. The summed E-state index contributed by atoms with van der Waals surface area (Å²) in [7, 11) is 0. The van der Waals surface area contributed by atoms with Crippen molar-refractivity contribution < 1.29 is 19.5 Å². The largest absolute Gasteiger partial charge is 0.463 e. The second-order valence-corrected chi connectivity index (χ2v) is 6.86. The zero-order chi connectivity index (χ0) is 19.6. The molecule has 0 aliphatic carbocycles. The van der Waals surface area contributed by atoms with E-state index in [4.69, 9.17) is 20.4 Å². The minimum atomic E-state index is -0.507. The molecule has 3 unspecified atom stereocenters. The molecule has 3 atom stereocenters. The first-order valence-corrected chi connectivity index (χ1v) is 9.40. The molecule has 1 aliphatic rings. The van der Waals surface area contributed by atoms with Crippen LogP contribution in [-0.2, 0) is 14.3 Å². The Morgan fingerprint density at radius 2 is 2.15 bits per heavy atom. The number of ether oxygens (including phenoxy) is 2. The third-order valence-electron chi connectivity index (χ3n) is 4.67. The average molecular weight is 383 g/mol. The summed E-state index contributed by atoms with van der Waals surface area (Å²) in [5, 5.41) is 8.47. The van der Waals surface area contributed by atoms with E-state index in [1.807, 2.05) is 6.92 Å². The molecule has 1 aromatic heterocycles. The molecular weight excluding hydrogens is 354 g/mol. The van der Waals surface area contributed by atoms with Crippen LogP contribution in [0.25, 0.3) is 0 Å². The van der Waals surface area contributed by atoms with Crippen LogP contribution in [0.4, 0.5) is 5.95 Å². The topological polar surface area (TPSA) is 142 Å². The van der Waals surface area contributed by atoms with Gasteiger partial charge >= 0.3 is 11.7 Å². The lowest BCUT2D eigenvalue weighted by atomic mass is 10.0. The van der Waals surface area contributed by atoms with Gasteiger partial charge in [0.1, 0.15) is 19.2 Å². The van der Waals surface area contributed by atoms with Crippen LogP contribution in [0.3, 0.4) is 0 Å². The van der Waals surface area contributed by atoms with Gasteiger partial charge in [-0.3, -0.25) is 9.36 Å². The molecule has 1 aromatic rings. The Balaban J connectivity index is 1.67. The number of hydrogen-bond acceptors (Lipinski definition) is 9. The molecule has 0 saturated carbocycles. The van der Waals surface area contributed by atoms with Crippen LogP contribution in [0, 0.1) is 5.92 Å². The van der Waals surface area contributed by atoms with E-state index in [2.05, 4.69) is 15.4 Å². The molecule has 1 fully saturated rings. The number of nitrogens with zero attached hydrogens (tertiary/aromatic N) is 3. The molecule has 10 nitrogen and oxygen atoms in total. The van der Waals surface area contributed by atoms with E-state index in [0.717, 1.165) is 32.1 Å². The minimum Gasteiger partial charge on any atom is -0.463 e. The summed E-state index contributed by atoms with van der Waals surface area (Å²) in [6, 6.07) is 0. The number of anilines is 1. The van der Waals surface area contributed by atoms with E-state index >= 15 is 0 Å². The fraction of sp³-hybridized carbons (Fsp3) is 0.765. The SMILES string of the molecule is CC1CC(n2cnc(N)nc2=O)OC1COC(=O)CCCCCCCNO. The number of unbranched alkanes of at least 4 members (excludes halogenated alkanes) is 4. The van der Waals surface area contributed by atoms with Crippen molar-refractivity contribution >= 4 is 11.9 Å². The van der Waals surface area contributed by atoms with Crippen LogP contribution in [0.2, 0.25) is 0 Å². The van der Waals surface area contributed by atoms with E-state index in [1.54, 1.807) is 0 Å². The summed E-state index contributed by atoms with van der Waals surface area (Å²) in [6.45, 7) is 2.75. The highest BCUT2D eigenvalue weighted by Crippen LogP contribution is 2.32. The first kappa shape index (κ1) is 21.3. The van der Waals surface area contributed by atoms with Crippen molar-refractivity contribution in [3.63, 3.8) is 0 Å². The molecule has 0 radical (unpaired) electrons. The highest BCUT2D eigenvalue weighted by molar-refractivity contribution is 5.69. The van der Waals surface area contributed by atoms with Gasteiger partial charge in [0.15, 0.2) is 0 Å². The smallest absolute Gasteiger partial charge is 0.354 e. The van der Waals surface area contributed by atoms with Crippen LogP contribution in [0.15, 0.2) is 11.1 Å². The fourth-order valence-electron chi connectivity index (χ4n) is 3.05. The molecule has 0 amide bonds. The standard InChI is InChI=1S/C17H29N5O5/c1-12-9-14(22-11-19-16(18)21-17(22)24)27-13(12)10-26-15(23)7-5-3-2-4-6-8-20-25/h11-14,20,25H,2-10H2,1H3,(H2,18,21,24). The number of hydrogen-bond donors (Lipinski definition) is 3. The quantitative estimate of drug-likeness (QED) is 0.290. The Kier molecular flexibility index (Phi) is 8.62. The molecule has 10 heteroatoms. The molecule has 152 valence electrons. The van der Waals surface area contributed by atoms with Gasteiger partial charge in [0.2, 0.25) is 5.95 Å². The summed E-state index contributed by atoms with van der Waals surface area (Å²) in [6.07, 6.45) is 6.27. The van der Waals surface area contributed by atoms with Gasteiger partial charge in [0, 0.05) is 13.0 Å². The second-order valence-electron chi connectivity index (χ2n) is 6.86. The molecule has 2 heterocycles. The fourth-order valence-corrected chi connectivity index (χ4v) is 3.05. The molecular formula is C17H29N5O5. The number of aromatic nitrogens is 3. The maximum absolute atomic E-state index is 11.9. The summed E-state index contributed by atoms with van der Waals surface area (Å²) < 4.78 is 12.5. The zero-order valence-corrected chi connectivity index (χ0v) is 15.7. The Morgan fingerprint density at radius 1 is 1.41 bits per heavy atom. The Labute approximate surface area is 158 Å². The number of nitrogens with one attached hydrogen (secondary N) is 1. The lowest BCUT2D eigenvalue weighted by molar-refractivity contribution is -0.149. The first-order chi connectivity index (χ1) is 13.0. The van der Waals surface area contributed by atoms with E-state index < -0.39 is 11.9 Å². The predicted molar refractivity (Wildman–Crippen MR) is 96.8 cm³/mol. The number of esters is 1. The maximum atomic E-state index is 11.9. The number of carbonyl (C=O) groups excluding carboxylic acids is 1. The van der Waals surface area contributed by atoms with Crippen LogP contribution in [-0.4, -0.2) is 45.0 Å². The van der Waals surface area contributed by atoms with Gasteiger partial charge < -0.3 is 20.4 Å². The average Bonchev–Trinajstić information content (AvgIpc) is 2.99. The van der Waals surface area contributed by atoms with Gasteiger partial charge in [-0.25, -0.2) is 15.3 Å². The third-order valence-corrected chi connectivity index (χ3v) is 4.67. The molecule has 4 N–H and O–H groups in total. The van der Waals surface area contributed by atoms with Gasteiger partial charge in [0.05, 0.1) is 6.10 Å². The number of rotatable bonds is 11. The predicted octanol–water partition coefficient (Wildman–Crippen LogP) is 1.01. The van der Waals surface area contributed by atoms with Gasteiger partial charge in [0.25, 0.3) is 0 Å². The normalized spacial score (nSPS) is 22.1. The minimum absolute atomic E-state index is 0.0714. The highest BCUT2D eigenvalue weighted by atomic mass is 16.6. The summed E-state index contributed by atoms with van der Waals surface area (Å²) in [5.41, 5.74) is 7.01. The summed E-state index contributed by atoms with van der Waals surface area (Å²) >= 11 is 0. The second kappa shape index (κ2) is 11.0. The van der Waals surface area contributed by atoms with E-state index in [9.17, 15) is 9.59 Å². The van der Waals surface area contributed by atoms with Crippen LogP contribution < -0.4 is 16.9 Å². The van der Waals surface area contributed by atoms with Crippen molar-refractivity contribution in [2.45, 2.75) is 64.2 Å². The lowest BCUT2D eigenvalue weighted by Gasteiger charge is -2.16. The molecule has 27 heavy (non-hydrogen) atoms. The van der Waals surface area contributed by atoms with E-state index in [-0.39, 0.29) is 30.5 Å². The first-order valence-electron chi connectivity index (χ1n) is 9.40. The van der Waals surface area contributed by atoms with Crippen molar-refractivity contribution in [2.24, 2.45) is 5.92 Å². The van der Waals surface area contributed by atoms with Crippen molar-refractivity contribution in [2.75, 3.05) is 18.9 Å². The molecule has 2 rings (SSSR count). The van der Waals surface area contributed by atoms with Crippen molar-refractivity contribution in [3.05, 3.63) is 16.8 Å². The molecule has 0 spiro atoms. The summed E-state index contributed by atoms with van der Waals surface area (Å²) in [4.78, 5) is 31.2. The Hall–Kier alpha value is -2.04. The van der Waals surface area contributed by atoms with Crippen LogP contribution >= 0.6 is 0 Å². The lowest BCUT2D eigenvalue weighted by Crippen LogP contribution is -2.29. The van der Waals surface area contributed by atoms with E-state index in [1.165, 1.54) is 10.9 Å². The Morgan fingerprint density at radius 3 is 2.89 bits per heavy atom. The van der Waals surface area contributed by atoms with Gasteiger partial charge in [-0.15, -0.1) is 0 Å². The molecule has 1 aliphatic heterocycles. The van der Waals surface area contributed by atoms with Crippen molar-refractivity contribution in [1.29, 1.82) is 0 Å². The van der Waals surface area contributed by atoms with Crippen molar-refractivity contribution in [1.82, 2.24) is 20.0 Å². The number of nitrogens with two attached hydrogens (primary N) is 1. The van der Waals surface area contributed by atoms with E-state index in [0.29, 0.717) is 19.4 Å². The van der Waals surface area contributed by atoms with Gasteiger partial charge in [-0.2, -0.15) is 4.98 Å². The van der Waals surface area contributed by atoms with Crippen LogP contribution in [0.1, 0.15) is 58.1 Å². The summed E-state index contributed by atoms with van der Waals surface area (Å²) in [5.74, 6) is -0.176. The highest BCUT2D eigenvalue weighted by Gasteiger charge is 2.34. The van der Waals surface area contributed by atoms with Gasteiger partial charge in [-0.05, 0) is 25.2 Å². The van der Waals surface area contributed by atoms with Gasteiger partial charge in [-0.1, -0.05) is 26.2 Å². The monoisotopic (exact) mass is 383 g/mol. The van der Waals surface area contributed by atoms with Crippen molar-refractivity contribution in [3.8, 4) is 0 Å².